The smallest absolute Gasteiger partial charge is 0.164 e. The molecule has 26 rings (SSSR count). The van der Waals surface area contributed by atoms with Gasteiger partial charge in [0.1, 0.15) is 11.2 Å². The van der Waals surface area contributed by atoms with Crippen LogP contribution in [-0.4, -0.2) is 24.9 Å². The molecule has 18 aromatic carbocycles. The summed E-state index contributed by atoms with van der Waals surface area (Å²) in [5.74, 6) is 2.34. The number of rotatable bonds is 9. The lowest BCUT2D eigenvalue weighted by Crippen LogP contribution is -2.32. The first-order valence-electron chi connectivity index (χ1n) is 41.4. The Morgan fingerprint density at radius 2 is 0.664 bits per heavy atom. The Labute approximate surface area is 715 Å². The standard InChI is InChI=1S/C113H65N5OS3/c1-3-24-66(25-4-1)75-59-76(78-37-22-39-88-86-36-13-18-45-100(86)119-104(78)88)61-77(60-75)111-117-109(116-110(118-111)74-50-54-85-83-35-12-15-42-91(83)113(97(85)63-74)93-44-17-20-47-102(93)121-107-80-33-10-8-27-68(80)52-57-95(107)113)72-31-21-30-70(58-72)81-38-23-40-89-87-55-48-71(64-103(87)122-105(81)89)99-65-98(69-28-5-2-6-29-69)114-108(115-99)73-49-53-84-82-34-11-14-41-90(82)112(96(84)62-73)92-43-16-19-46-101(92)120-106-79-32-9-7-26-67(79)51-56-94(106)112/h1-65H. The molecule has 2 aliphatic heterocycles. The first-order chi connectivity index (χ1) is 60.4. The van der Waals surface area contributed by atoms with Gasteiger partial charge in [-0.25, -0.2) is 24.9 Å². The highest BCUT2D eigenvalue weighted by Gasteiger charge is 2.53. The zero-order valence-corrected chi connectivity index (χ0v) is 67.8. The molecular formula is C113H65N5OS3. The Morgan fingerprint density at radius 3 is 1.31 bits per heavy atom. The fraction of sp³-hybridized carbons (Fsp3) is 0.0177. The zero-order chi connectivity index (χ0) is 79.9. The van der Waals surface area contributed by atoms with E-state index in [1.54, 1.807) is 0 Å². The van der Waals surface area contributed by atoms with Gasteiger partial charge in [-0.2, -0.15) is 0 Å². The molecule has 9 heteroatoms. The van der Waals surface area contributed by atoms with Gasteiger partial charge in [-0.15, -0.1) is 11.3 Å². The van der Waals surface area contributed by atoms with E-state index in [0.717, 1.165) is 105 Å². The SMILES string of the molecule is c1ccc(-c2cc(-c3nc(-c4cccc(-c5cccc6c5sc5cc(-c7cc(-c8ccccc8)nc(-c8ccc9c(c8)C8(c%10ccccc%10Sc%10c8ccc8ccccc%108)c8ccccc8-9)n7)ccc56)c4)nc(-c4ccc5c(c4)C4(c6ccccc6Sc6c4ccc4ccccc64)c4ccccc4-5)n3)cc(-c3cccc4c3oc3ccccc34)c2)cc1. The van der Waals surface area contributed by atoms with Crippen molar-refractivity contribution in [2.75, 3.05) is 0 Å². The van der Waals surface area contributed by atoms with Crippen molar-refractivity contribution < 1.29 is 4.42 Å². The maximum absolute atomic E-state index is 6.81. The predicted molar refractivity (Wildman–Crippen MR) is 502 cm³/mol. The Morgan fingerprint density at radius 1 is 0.221 bits per heavy atom. The summed E-state index contributed by atoms with van der Waals surface area (Å²) in [5, 5.41) is 9.46. The molecule has 566 valence electrons. The average Bonchev–Trinajstić information content (AvgIpc) is 1.51. The van der Waals surface area contributed by atoms with Gasteiger partial charge in [-0.1, -0.05) is 351 Å². The van der Waals surface area contributed by atoms with Crippen molar-refractivity contribution in [1.29, 1.82) is 0 Å². The molecule has 0 fully saturated rings. The average molecular weight is 1600 g/mol. The maximum Gasteiger partial charge on any atom is 0.164 e. The molecule has 2 aliphatic carbocycles. The molecule has 0 saturated heterocycles. The molecule has 122 heavy (non-hydrogen) atoms. The lowest BCUT2D eigenvalue weighted by atomic mass is 9.67. The summed E-state index contributed by atoms with van der Waals surface area (Å²) in [7, 11) is 0. The van der Waals surface area contributed by atoms with E-state index in [4.69, 9.17) is 29.3 Å². The summed E-state index contributed by atoms with van der Waals surface area (Å²) in [6.45, 7) is 0. The molecule has 2 unspecified atom stereocenters. The van der Waals surface area contributed by atoms with Gasteiger partial charge in [0.15, 0.2) is 23.3 Å². The van der Waals surface area contributed by atoms with Crippen LogP contribution >= 0.6 is 34.9 Å². The van der Waals surface area contributed by atoms with E-state index in [-0.39, 0.29) is 0 Å². The molecule has 6 nitrogen and oxygen atoms in total. The normalized spacial score (nSPS) is 15.0. The lowest BCUT2D eigenvalue weighted by Gasteiger charge is -2.40. The summed E-state index contributed by atoms with van der Waals surface area (Å²) in [5.41, 5.74) is 28.9. The number of furan rings is 1. The Kier molecular flexibility index (Phi) is 15.3. The minimum absolute atomic E-state index is 0.548. The highest BCUT2D eigenvalue weighted by Crippen LogP contribution is 2.66. The third-order valence-electron chi connectivity index (χ3n) is 25.9. The van der Waals surface area contributed by atoms with Crippen LogP contribution in [0.3, 0.4) is 0 Å². The molecule has 6 heterocycles. The van der Waals surface area contributed by atoms with Gasteiger partial charge in [0.25, 0.3) is 0 Å². The van der Waals surface area contributed by atoms with Crippen LogP contribution in [0.2, 0.25) is 0 Å². The van der Waals surface area contributed by atoms with Crippen molar-refractivity contribution in [2.45, 2.75) is 30.4 Å². The van der Waals surface area contributed by atoms with Gasteiger partial charge in [0.05, 0.1) is 22.2 Å². The molecule has 2 spiro atoms. The molecule has 0 bridgehead atoms. The van der Waals surface area contributed by atoms with Gasteiger partial charge < -0.3 is 4.42 Å². The molecule has 0 saturated carbocycles. The first kappa shape index (κ1) is 69.3. The van der Waals surface area contributed by atoms with E-state index in [0.29, 0.717) is 23.3 Å². The number of hydrogen-bond acceptors (Lipinski definition) is 9. The van der Waals surface area contributed by atoms with E-state index in [1.807, 2.05) is 40.9 Å². The van der Waals surface area contributed by atoms with Crippen LogP contribution in [0, 0.1) is 0 Å². The van der Waals surface area contributed by atoms with Crippen LogP contribution in [-0.2, 0) is 10.8 Å². The molecule has 0 amide bonds. The molecule has 4 aliphatic rings. The number of fused-ring (bicyclic) bond motifs is 28. The van der Waals surface area contributed by atoms with Crippen molar-refractivity contribution in [3.8, 4) is 124 Å². The molecule has 0 N–H and O–H groups in total. The van der Waals surface area contributed by atoms with E-state index >= 15 is 0 Å². The van der Waals surface area contributed by atoms with E-state index in [2.05, 4.69) is 388 Å². The fourth-order valence-electron chi connectivity index (χ4n) is 20.5. The second kappa shape index (κ2) is 26.9. The summed E-state index contributed by atoms with van der Waals surface area (Å²) in [6.07, 6.45) is 0. The highest BCUT2D eigenvalue weighted by molar-refractivity contribution is 8.00. The van der Waals surface area contributed by atoms with Gasteiger partial charge in [0, 0.05) is 89.5 Å². The van der Waals surface area contributed by atoms with Crippen molar-refractivity contribution in [3.05, 3.63) is 439 Å². The second-order valence-electron chi connectivity index (χ2n) is 32.3. The van der Waals surface area contributed by atoms with Crippen molar-refractivity contribution in [3.63, 3.8) is 0 Å². The number of aromatic nitrogens is 5. The number of benzene rings is 18. The summed E-state index contributed by atoms with van der Waals surface area (Å²) < 4.78 is 9.16. The number of thiophene rings is 1. The maximum atomic E-state index is 6.81. The molecule has 4 aromatic heterocycles. The number of nitrogens with zero attached hydrogens (tertiary/aromatic N) is 5. The monoisotopic (exact) mass is 1600 g/mol. The van der Waals surface area contributed by atoms with Gasteiger partial charge >= 0.3 is 0 Å². The van der Waals surface area contributed by atoms with Crippen LogP contribution < -0.4 is 0 Å². The quantitative estimate of drug-likeness (QED) is 0.141. The number of hydrogen-bond donors (Lipinski definition) is 0. The van der Waals surface area contributed by atoms with Crippen molar-refractivity contribution in [1.82, 2.24) is 24.9 Å². The second-order valence-corrected chi connectivity index (χ2v) is 35.4. The van der Waals surface area contributed by atoms with Gasteiger partial charge in [-0.05, 0) is 183 Å². The largest absolute Gasteiger partial charge is 0.455 e. The lowest BCUT2D eigenvalue weighted by molar-refractivity contribution is 0.670. The fourth-order valence-corrected chi connectivity index (χ4v) is 24.4. The van der Waals surface area contributed by atoms with Crippen LogP contribution in [0.25, 0.3) is 187 Å². The summed E-state index contributed by atoms with van der Waals surface area (Å²) in [4.78, 5) is 33.3. The van der Waals surface area contributed by atoms with Gasteiger partial charge in [-0.3, -0.25) is 0 Å². The van der Waals surface area contributed by atoms with E-state index in [9.17, 15) is 0 Å². The molecule has 2 atom stereocenters. The Bertz CT molecular complexity index is 8250. The van der Waals surface area contributed by atoms with E-state index < -0.39 is 10.8 Å². The van der Waals surface area contributed by atoms with Crippen LogP contribution in [0.5, 0.6) is 0 Å². The highest BCUT2D eigenvalue weighted by atomic mass is 32.2. The first-order valence-corrected chi connectivity index (χ1v) is 43.8. The van der Waals surface area contributed by atoms with E-state index in [1.165, 1.54) is 123 Å². The van der Waals surface area contributed by atoms with Gasteiger partial charge in [0.2, 0.25) is 0 Å². The van der Waals surface area contributed by atoms with Crippen molar-refractivity contribution >= 4 is 98.5 Å². The summed E-state index contributed by atoms with van der Waals surface area (Å²) in [6, 6.07) is 144. The Hall–Kier alpha value is -14.7. The molecule has 0 radical (unpaired) electrons. The topological polar surface area (TPSA) is 77.6 Å². The minimum atomic E-state index is -0.663. The Balaban J connectivity index is 0.628. The predicted octanol–water partition coefficient (Wildman–Crippen LogP) is 29.9. The van der Waals surface area contributed by atoms with Crippen molar-refractivity contribution in [2.24, 2.45) is 0 Å². The minimum Gasteiger partial charge on any atom is -0.455 e. The molecule has 22 aromatic rings. The van der Waals surface area contributed by atoms with Crippen LogP contribution in [0.1, 0.15) is 44.5 Å². The third kappa shape index (κ3) is 10.3. The zero-order valence-electron chi connectivity index (χ0n) is 65.4. The third-order valence-corrected chi connectivity index (χ3v) is 29.5. The van der Waals surface area contributed by atoms with Crippen LogP contribution in [0.4, 0.5) is 0 Å². The molecular weight excluding hydrogens is 1540 g/mol. The number of para-hydroxylation sites is 2. The van der Waals surface area contributed by atoms with Crippen LogP contribution in [0.15, 0.2) is 418 Å². The summed E-state index contributed by atoms with van der Waals surface area (Å²) >= 11 is 5.59.